The van der Waals surface area contributed by atoms with Crippen LogP contribution in [0.25, 0.3) is 10.9 Å². The van der Waals surface area contributed by atoms with Gasteiger partial charge in [-0.3, -0.25) is 9.89 Å². The number of halogens is 1. The minimum absolute atomic E-state index is 0.472. The average molecular weight is 346 g/mol. The van der Waals surface area contributed by atoms with Crippen molar-refractivity contribution in [3.63, 3.8) is 0 Å². The molecule has 3 aromatic rings. The van der Waals surface area contributed by atoms with Crippen molar-refractivity contribution in [2.24, 2.45) is 0 Å². The third kappa shape index (κ3) is 2.96. The molecule has 1 amide bonds. The molecule has 3 N–H and O–H groups in total. The molecule has 0 bridgehead atoms. The number of benzene rings is 2. The summed E-state index contributed by atoms with van der Waals surface area (Å²) in [4.78, 5) is 12.1. The number of carbonyl (C=O) groups excluding carboxylic acids is 1. The lowest BCUT2D eigenvalue weighted by atomic mass is 10.1. The monoisotopic (exact) mass is 345 g/mol. The number of rotatable bonds is 3. The fourth-order valence-electron chi connectivity index (χ4n) is 2.03. The highest BCUT2D eigenvalue weighted by Gasteiger charge is 2.17. The van der Waals surface area contributed by atoms with Crippen LogP contribution in [0, 0.1) is 0 Å². The Labute approximate surface area is 129 Å². The molecule has 106 valence electrons. The van der Waals surface area contributed by atoms with Crippen molar-refractivity contribution in [3.8, 4) is 0 Å². The van der Waals surface area contributed by atoms with Crippen molar-refractivity contribution >= 4 is 38.4 Å². The molecule has 21 heavy (non-hydrogen) atoms. The van der Waals surface area contributed by atoms with Crippen LogP contribution in [0.3, 0.4) is 0 Å². The third-order valence-electron chi connectivity index (χ3n) is 3.14. The highest BCUT2D eigenvalue weighted by molar-refractivity contribution is 9.10. The van der Waals surface area contributed by atoms with Crippen molar-refractivity contribution in [2.75, 3.05) is 5.32 Å². The highest BCUT2D eigenvalue weighted by atomic mass is 79.9. The van der Waals surface area contributed by atoms with Crippen molar-refractivity contribution < 1.29 is 9.90 Å². The summed E-state index contributed by atoms with van der Waals surface area (Å²) < 4.78 is 0.893. The number of anilines is 1. The lowest BCUT2D eigenvalue weighted by Crippen LogP contribution is -2.20. The molecule has 1 heterocycles. The summed E-state index contributed by atoms with van der Waals surface area (Å²) in [5.41, 5.74) is 2.05. The Morgan fingerprint density at radius 2 is 2.00 bits per heavy atom. The lowest BCUT2D eigenvalue weighted by Gasteiger charge is -2.12. The topological polar surface area (TPSA) is 78.0 Å². The molecule has 6 heteroatoms. The minimum Gasteiger partial charge on any atom is -0.378 e. The van der Waals surface area contributed by atoms with E-state index < -0.39 is 12.0 Å². The van der Waals surface area contributed by atoms with Crippen LogP contribution < -0.4 is 5.32 Å². The second-order valence-corrected chi connectivity index (χ2v) is 5.53. The molecule has 0 saturated carbocycles. The van der Waals surface area contributed by atoms with Crippen molar-refractivity contribution in [1.82, 2.24) is 10.2 Å². The van der Waals surface area contributed by atoms with E-state index >= 15 is 0 Å². The molecule has 3 rings (SSSR count). The fourth-order valence-corrected chi connectivity index (χ4v) is 2.29. The van der Waals surface area contributed by atoms with Crippen LogP contribution in [0.1, 0.15) is 11.7 Å². The number of carbonyl (C=O) groups is 1. The summed E-state index contributed by atoms with van der Waals surface area (Å²) in [6.45, 7) is 0. The first kappa shape index (κ1) is 13.8. The largest absolute Gasteiger partial charge is 0.378 e. The highest BCUT2D eigenvalue weighted by Crippen LogP contribution is 2.20. The average Bonchev–Trinajstić information content (AvgIpc) is 2.95. The minimum atomic E-state index is -1.21. The van der Waals surface area contributed by atoms with Crippen LogP contribution in [-0.4, -0.2) is 21.2 Å². The van der Waals surface area contributed by atoms with Gasteiger partial charge in [0.1, 0.15) is 0 Å². The molecule has 0 unspecified atom stereocenters. The quantitative estimate of drug-likeness (QED) is 0.682. The van der Waals surface area contributed by atoms with E-state index in [0.29, 0.717) is 11.3 Å². The Balaban J connectivity index is 1.77. The molecular weight excluding hydrogens is 334 g/mol. The SMILES string of the molecule is O=C(Nc1ccc2[nH]ncc2c1)[C@H](O)c1ccc(Br)cc1. The predicted molar refractivity (Wildman–Crippen MR) is 83.8 cm³/mol. The van der Waals surface area contributed by atoms with Gasteiger partial charge in [0.25, 0.3) is 5.91 Å². The van der Waals surface area contributed by atoms with E-state index in [1.807, 2.05) is 6.07 Å². The Morgan fingerprint density at radius 1 is 1.24 bits per heavy atom. The second kappa shape index (κ2) is 5.67. The van der Waals surface area contributed by atoms with Gasteiger partial charge in [0.15, 0.2) is 6.10 Å². The van der Waals surface area contributed by atoms with Gasteiger partial charge in [-0.25, -0.2) is 0 Å². The number of amides is 1. The van der Waals surface area contributed by atoms with E-state index in [2.05, 4.69) is 31.4 Å². The summed E-state index contributed by atoms with van der Waals surface area (Å²) in [6.07, 6.45) is 0.467. The van der Waals surface area contributed by atoms with Crippen molar-refractivity contribution in [2.45, 2.75) is 6.10 Å². The van der Waals surface area contributed by atoms with E-state index in [1.165, 1.54) is 0 Å². The number of aromatic nitrogens is 2. The number of fused-ring (bicyclic) bond motifs is 1. The fraction of sp³-hybridized carbons (Fsp3) is 0.0667. The zero-order valence-corrected chi connectivity index (χ0v) is 12.5. The summed E-state index contributed by atoms with van der Waals surface area (Å²) in [6, 6.07) is 12.3. The number of aromatic amines is 1. The van der Waals surface area contributed by atoms with Crippen LogP contribution in [0.5, 0.6) is 0 Å². The first-order valence-corrected chi connectivity index (χ1v) is 7.10. The van der Waals surface area contributed by atoms with Gasteiger partial charge in [-0.05, 0) is 35.9 Å². The summed E-state index contributed by atoms with van der Waals surface area (Å²) >= 11 is 3.31. The van der Waals surface area contributed by atoms with E-state index in [4.69, 9.17) is 0 Å². The lowest BCUT2D eigenvalue weighted by molar-refractivity contribution is -0.124. The van der Waals surface area contributed by atoms with E-state index in [9.17, 15) is 9.90 Å². The number of hydrogen-bond donors (Lipinski definition) is 3. The van der Waals surface area contributed by atoms with E-state index in [-0.39, 0.29) is 0 Å². The van der Waals surface area contributed by atoms with Crippen LogP contribution in [0.2, 0.25) is 0 Å². The first-order chi connectivity index (χ1) is 10.1. The number of H-pyrrole nitrogens is 1. The zero-order chi connectivity index (χ0) is 14.8. The Kier molecular flexibility index (Phi) is 3.72. The Bertz CT molecular complexity index is 783. The van der Waals surface area contributed by atoms with Crippen LogP contribution in [0.15, 0.2) is 53.1 Å². The molecule has 5 nitrogen and oxygen atoms in total. The van der Waals surface area contributed by atoms with Crippen LogP contribution >= 0.6 is 15.9 Å². The van der Waals surface area contributed by atoms with Gasteiger partial charge in [-0.1, -0.05) is 28.1 Å². The van der Waals surface area contributed by atoms with Gasteiger partial charge in [0.2, 0.25) is 0 Å². The van der Waals surface area contributed by atoms with Gasteiger partial charge in [0, 0.05) is 15.5 Å². The maximum Gasteiger partial charge on any atom is 0.257 e. The molecule has 0 fully saturated rings. The Morgan fingerprint density at radius 3 is 2.76 bits per heavy atom. The second-order valence-electron chi connectivity index (χ2n) is 4.62. The smallest absolute Gasteiger partial charge is 0.257 e. The molecule has 0 radical (unpaired) electrons. The Hall–Kier alpha value is -2.18. The molecule has 2 aromatic carbocycles. The number of nitrogens with one attached hydrogen (secondary N) is 2. The summed E-state index contributed by atoms with van der Waals surface area (Å²) in [7, 11) is 0. The van der Waals surface area contributed by atoms with Gasteiger partial charge in [0.05, 0.1) is 11.7 Å². The third-order valence-corrected chi connectivity index (χ3v) is 3.67. The number of aliphatic hydroxyl groups excluding tert-OH is 1. The number of aliphatic hydroxyl groups is 1. The molecule has 0 aliphatic carbocycles. The van der Waals surface area contributed by atoms with Gasteiger partial charge in [-0.15, -0.1) is 0 Å². The van der Waals surface area contributed by atoms with Crippen molar-refractivity contribution in [1.29, 1.82) is 0 Å². The predicted octanol–water partition coefficient (Wildman–Crippen LogP) is 3.00. The molecule has 1 aromatic heterocycles. The molecule has 1 atom stereocenters. The molecule has 0 spiro atoms. The standard InChI is InChI=1S/C15H12BrN3O2/c16-11-3-1-9(2-4-11)14(20)15(21)18-12-5-6-13-10(7-12)8-17-19-13/h1-8,14,20H,(H,17,19)(H,18,21)/t14-/m1/s1. The summed E-state index contributed by atoms with van der Waals surface area (Å²) in [5, 5.41) is 20.4. The molecular formula is C15H12BrN3O2. The molecule has 0 aliphatic rings. The van der Waals surface area contributed by atoms with Gasteiger partial charge in [-0.2, -0.15) is 5.10 Å². The van der Waals surface area contributed by atoms with Gasteiger partial charge < -0.3 is 10.4 Å². The normalized spacial score (nSPS) is 12.3. The molecule has 0 aliphatic heterocycles. The van der Waals surface area contributed by atoms with E-state index in [0.717, 1.165) is 15.4 Å². The maximum atomic E-state index is 12.1. The maximum absolute atomic E-state index is 12.1. The number of nitrogens with zero attached hydrogens (tertiary/aromatic N) is 1. The van der Waals surface area contributed by atoms with Crippen molar-refractivity contribution in [3.05, 3.63) is 58.7 Å². The van der Waals surface area contributed by atoms with E-state index in [1.54, 1.807) is 42.6 Å². The number of hydrogen-bond acceptors (Lipinski definition) is 3. The first-order valence-electron chi connectivity index (χ1n) is 6.31. The molecule has 0 saturated heterocycles. The summed E-state index contributed by atoms with van der Waals surface area (Å²) in [5.74, 6) is -0.472. The van der Waals surface area contributed by atoms with Crippen LogP contribution in [-0.2, 0) is 4.79 Å². The zero-order valence-electron chi connectivity index (χ0n) is 10.9. The van der Waals surface area contributed by atoms with Gasteiger partial charge >= 0.3 is 0 Å². The van der Waals surface area contributed by atoms with Crippen LogP contribution in [0.4, 0.5) is 5.69 Å².